The molecule has 36 heavy (non-hydrogen) atoms. The van der Waals surface area contributed by atoms with Gasteiger partial charge in [0.05, 0.1) is 19.4 Å². The molecule has 1 aromatic carbocycles. The number of pyridine rings is 1. The van der Waals surface area contributed by atoms with Gasteiger partial charge in [0.15, 0.2) is 0 Å². The van der Waals surface area contributed by atoms with E-state index in [4.69, 9.17) is 9.15 Å². The third kappa shape index (κ3) is 5.87. The fourth-order valence-electron chi connectivity index (χ4n) is 4.69. The molecule has 1 atom stereocenters. The zero-order valence-electron chi connectivity index (χ0n) is 20.9. The van der Waals surface area contributed by atoms with E-state index >= 15 is 0 Å². The Morgan fingerprint density at radius 1 is 1.08 bits per heavy atom. The minimum absolute atomic E-state index is 0.0772. The minimum Gasteiger partial charge on any atom is -0.496 e. The quantitative estimate of drug-likeness (QED) is 0.460. The number of unbranched alkanes of at least 4 members (excludes halogenated alkanes) is 1. The van der Waals surface area contributed by atoms with Crippen molar-refractivity contribution in [3.8, 4) is 5.75 Å². The van der Waals surface area contributed by atoms with E-state index in [2.05, 4.69) is 17.4 Å². The van der Waals surface area contributed by atoms with Crippen molar-refractivity contribution >= 4 is 11.8 Å². The molecule has 3 aromatic rings. The molecule has 0 bridgehead atoms. The summed E-state index contributed by atoms with van der Waals surface area (Å²) < 4.78 is 12.4. The lowest BCUT2D eigenvalue weighted by atomic mass is 10.1. The molecule has 1 aliphatic heterocycles. The molecule has 8 heteroatoms. The summed E-state index contributed by atoms with van der Waals surface area (Å²) in [6.45, 7) is 3.04. The number of furan rings is 1. The van der Waals surface area contributed by atoms with E-state index in [1.165, 1.54) is 18.7 Å². The van der Waals surface area contributed by atoms with Gasteiger partial charge in [0.2, 0.25) is 5.91 Å². The van der Waals surface area contributed by atoms with Crippen LogP contribution in [0.4, 0.5) is 0 Å². The van der Waals surface area contributed by atoms with Crippen LogP contribution in [-0.4, -0.2) is 41.5 Å². The number of amides is 2. The first kappa shape index (κ1) is 25.3. The maximum atomic E-state index is 13.3. The molecule has 1 N–H and O–H groups in total. The maximum absolute atomic E-state index is 13.3. The summed E-state index contributed by atoms with van der Waals surface area (Å²) in [7, 11) is 1.44. The van der Waals surface area contributed by atoms with Gasteiger partial charge in [-0.25, -0.2) is 0 Å². The molecule has 190 valence electrons. The van der Waals surface area contributed by atoms with Crippen LogP contribution in [0.25, 0.3) is 0 Å². The number of carbonyl (C=O) groups excluding carboxylic acids is 2. The second-order valence-electron chi connectivity index (χ2n) is 9.06. The number of methoxy groups -OCH3 is 1. The van der Waals surface area contributed by atoms with Gasteiger partial charge in [-0.3, -0.25) is 14.4 Å². The van der Waals surface area contributed by atoms with Crippen molar-refractivity contribution < 1.29 is 18.7 Å². The first-order valence-electron chi connectivity index (χ1n) is 12.4. The summed E-state index contributed by atoms with van der Waals surface area (Å²) in [6, 6.07) is 14.8. The molecule has 2 aromatic heterocycles. The third-order valence-electron chi connectivity index (χ3n) is 6.66. The van der Waals surface area contributed by atoms with E-state index in [9.17, 15) is 14.4 Å². The molecule has 0 fully saturated rings. The Morgan fingerprint density at radius 2 is 1.89 bits per heavy atom. The van der Waals surface area contributed by atoms with Gasteiger partial charge in [-0.1, -0.05) is 30.3 Å². The highest BCUT2D eigenvalue weighted by molar-refractivity contribution is 5.98. The first-order chi connectivity index (χ1) is 17.5. The highest BCUT2D eigenvalue weighted by Gasteiger charge is 2.27. The van der Waals surface area contributed by atoms with Crippen LogP contribution in [0.15, 0.2) is 64.0 Å². The SMILES string of the molecule is COc1cc(=O)n2c(c1C(=O)NC(C)c1ccco1)CCN(C(=O)CCCCc1ccccc1)CC2. The highest BCUT2D eigenvalue weighted by atomic mass is 16.5. The summed E-state index contributed by atoms with van der Waals surface area (Å²) in [4.78, 5) is 40.9. The van der Waals surface area contributed by atoms with Gasteiger partial charge in [0.25, 0.3) is 11.5 Å². The van der Waals surface area contributed by atoms with Crippen molar-refractivity contribution in [2.75, 3.05) is 20.2 Å². The van der Waals surface area contributed by atoms with Crippen LogP contribution in [-0.2, 0) is 24.2 Å². The molecule has 1 aliphatic rings. The van der Waals surface area contributed by atoms with Gasteiger partial charge in [-0.15, -0.1) is 0 Å². The number of fused-ring (bicyclic) bond motifs is 1. The molecule has 8 nitrogen and oxygen atoms in total. The van der Waals surface area contributed by atoms with Crippen LogP contribution in [0.5, 0.6) is 5.75 Å². The number of hydrogen-bond donors (Lipinski definition) is 1. The number of nitrogens with one attached hydrogen (secondary N) is 1. The summed E-state index contributed by atoms with van der Waals surface area (Å²) in [5.74, 6) is 0.593. The molecule has 0 aliphatic carbocycles. The number of nitrogens with zero attached hydrogens (tertiary/aromatic N) is 2. The fourth-order valence-corrected chi connectivity index (χ4v) is 4.69. The molecule has 2 amide bonds. The second-order valence-corrected chi connectivity index (χ2v) is 9.06. The van der Waals surface area contributed by atoms with Crippen LogP contribution < -0.4 is 15.6 Å². The van der Waals surface area contributed by atoms with Crippen LogP contribution in [0.2, 0.25) is 0 Å². The lowest BCUT2D eigenvalue weighted by Crippen LogP contribution is -2.34. The Kier molecular flexibility index (Phi) is 8.25. The summed E-state index contributed by atoms with van der Waals surface area (Å²) in [6.07, 6.45) is 5.11. The predicted octanol–water partition coefficient (Wildman–Crippen LogP) is 3.74. The van der Waals surface area contributed by atoms with Gasteiger partial charge in [-0.2, -0.15) is 0 Å². The average Bonchev–Trinajstić information content (AvgIpc) is 3.34. The molecule has 3 heterocycles. The fraction of sp³-hybridized carbons (Fsp3) is 0.393. The molecule has 1 unspecified atom stereocenters. The van der Waals surface area contributed by atoms with Gasteiger partial charge in [0, 0.05) is 44.2 Å². The second kappa shape index (κ2) is 11.7. The Labute approximate surface area is 210 Å². The van der Waals surface area contributed by atoms with Crippen molar-refractivity contribution in [1.29, 1.82) is 0 Å². The van der Waals surface area contributed by atoms with Crippen LogP contribution in [0.1, 0.15) is 59.6 Å². The number of hydrogen-bond acceptors (Lipinski definition) is 5. The molecule has 0 saturated carbocycles. The van der Waals surface area contributed by atoms with Crippen LogP contribution in [0.3, 0.4) is 0 Å². The topological polar surface area (TPSA) is 93.8 Å². The monoisotopic (exact) mass is 491 g/mol. The molecule has 0 spiro atoms. The third-order valence-corrected chi connectivity index (χ3v) is 6.66. The zero-order chi connectivity index (χ0) is 25.5. The lowest BCUT2D eigenvalue weighted by molar-refractivity contribution is -0.131. The van der Waals surface area contributed by atoms with E-state index in [-0.39, 0.29) is 29.2 Å². The summed E-state index contributed by atoms with van der Waals surface area (Å²) in [5, 5.41) is 2.94. The number of aromatic nitrogens is 1. The maximum Gasteiger partial charge on any atom is 0.257 e. The average molecular weight is 492 g/mol. The van der Waals surface area contributed by atoms with Crippen LogP contribution >= 0.6 is 0 Å². The normalized spacial score (nSPS) is 14.0. The predicted molar refractivity (Wildman–Crippen MR) is 136 cm³/mol. The van der Waals surface area contributed by atoms with E-state index in [0.717, 1.165) is 19.3 Å². The van der Waals surface area contributed by atoms with E-state index in [0.29, 0.717) is 49.5 Å². The molecular weight excluding hydrogens is 458 g/mol. The first-order valence-corrected chi connectivity index (χ1v) is 12.4. The number of benzene rings is 1. The standard InChI is InChI=1S/C28H33N3O5/c1-20(23-12-8-18-36-23)29-28(34)27-22-14-15-30(16-17-31(22)26(33)19-24(27)35-2)25(32)13-7-6-11-21-9-4-3-5-10-21/h3-5,8-10,12,18-20H,6-7,11,13-17H2,1-2H3,(H,29,34). The Morgan fingerprint density at radius 3 is 2.61 bits per heavy atom. The highest BCUT2D eigenvalue weighted by Crippen LogP contribution is 2.24. The molecule has 0 radical (unpaired) electrons. The summed E-state index contributed by atoms with van der Waals surface area (Å²) >= 11 is 0. The Bertz CT molecular complexity index is 1230. The Hall–Kier alpha value is -3.81. The molecular formula is C28H33N3O5. The van der Waals surface area contributed by atoms with E-state index in [1.54, 1.807) is 27.9 Å². The smallest absolute Gasteiger partial charge is 0.257 e. The molecule has 0 saturated heterocycles. The van der Waals surface area contributed by atoms with Crippen LogP contribution in [0, 0.1) is 0 Å². The number of rotatable bonds is 9. The number of ether oxygens (including phenoxy) is 1. The number of aryl methyl sites for hydroxylation is 1. The largest absolute Gasteiger partial charge is 0.496 e. The van der Waals surface area contributed by atoms with E-state index in [1.807, 2.05) is 25.1 Å². The van der Waals surface area contributed by atoms with Crippen molar-refractivity contribution in [2.24, 2.45) is 0 Å². The van der Waals surface area contributed by atoms with Gasteiger partial charge in [-0.05, 0) is 43.9 Å². The zero-order valence-corrected chi connectivity index (χ0v) is 20.9. The summed E-state index contributed by atoms with van der Waals surface area (Å²) in [5.41, 5.74) is 1.95. The van der Waals surface area contributed by atoms with Crippen molar-refractivity contribution in [3.63, 3.8) is 0 Å². The van der Waals surface area contributed by atoms with Gasteiger partial charge in [0.1, 0.15) is 17.1 Å². The van der Waals surface area contributed by atoms with Gasteiger partial charge >= 0.3 is 0 Å². The lowest BCUT2D eigenvalue weighted by Gasteiger charge is -2.20. The van der Waals surface area contributed by atoms with E-state index < -0.39 is 0 Å². The number of carbonyl (C=O) groups is 2. The van der Waals surface area contributed by atoms with Crippen molar-refractivity contribution in [2.45, 2.75) is 51.6 Å². The minimum atomic E-state index is -0.357. The van der Waals surface area contributed by atoms with Crippen molar-refractivity contribution in [3.05, 3.63) is 87.7 Å². The van der Waals surface area contributed by atoms with Gasteiger partial charge < -0.3 is 23.9 Å². The molecule has 4 rings (SSSR count). The van der Waals surface area contributed by atoms with Crippen molar-refractivity contribution in [1.82, 2.24) is 14.8 Å². The Balaban J connectivity index is 1.43.